The maximum Gasteiger partial charge on any atom is 0.416 e. The summed E-state index contributed by atoms with van der Waals surface area (Å²) in [7, 11) is 0. The Morgan fingerprint density at radius 2 is 1.83 bits per heavy atom. The topological polar surface area (TPSA) is 76.3 Å². The summed E-state index contributed by atoms with van der Waals surface area (Å²) >= 11 is 0. The van der Waals surface area contributed by atoms with Crippen LogP contribution in [0.25, 0.3) is 11.0 Å². The number of benzene rings is 2. The van der Waals surface area contributed by atoms with E-state index in [1.807, 2.05) is 19.1 Å². The number of aromatic nitrogens is 3. The van der Waals surface area contributed by atoms with Gasteiger partial charge in [0.2, 0.25) is 0 Å². The molecule has 2 aromatic heterocycles. The third-order valence-electron chi connectivity index (χ3n) is 5.83. The van der Waals surface area contributed by atoms with Gasteiger partial charge in [-0.15, -0.1) is 0 Å². The van der Waals surface area contributed by atoms with Gasteiger partial charge in [-0.05, 0) is 42.3 Å². The maximum atomic E-state index is 13.7. The van der Waals surface area contributed by atoms with Crippen LogP contribution in [0.5, 0.6) is 0 Å². The summed E-state index contributed by atoms with van der Waals surface area (Å²) in [4.78, 5) is 9.97. The summed E-state index contributed by atoms with van der Waals surface area (Å²) in [6.07, 6.45) is 0.145. The second-order valence-corrected chi connectivity index (χ2v) is 8.47. The number of nitrogens with one attached hydrogen (secondary N) is 1. The van der Waals surface area contributed by atoms with Crippen molar-refractivity contribution in [3.8, 4) is 11.8 Å². The molecule has 0 spiro atoms. The smallest absolute Gasteiger partial charge is 0.379 e. The standard InChI is InChI=1S/C26H22F3N5O2/c1-17-2-4-23-24(22(17)5-3-18-13-30-16-31-14-18)36-33-25(23)32-21-11-19(10-20(12-21)26(27,28)29)15-34-6-8-35-9-7-34/h2,4,10-14,16H,6-9,15H2,1H3,(H,32,33). The van der Waals surface area contributed by atoms with Crippen molar-refractivity contribution in [1.29, 1.82) is 0 Å². The Labute approximate surface area is 205 Å². The summed E-state index contributed by atoms with van der Waals surface area (Å²) in [5.41, 5.74) is 2.70. The molecule has 0 bridgehead atoms. The summed E-state index contributed by atoms with van der Waals surface area (Å²) in [6, 6.07) is 7.64. The van der Waals surface area contributed by atoms with E-state index in [0.29, 0.717) is 66.3 Å². The quantitative estimate of drug-likeness (QED) is 0.405. The van der Waals surface area contributed by atoms with E-state index in [1.165, 1.54) is 12.4 Å². The molecule has 36 heavy (non-hydrogen) atoms. The molecule has 4 aromatic rings. The highest BCUT2D eigenvalue weighted by molar-refractivity contribution is 5.94. The number of aryl methyl sites for hydroxylation is 1. The molecule has 1 fully saturated rings. The molecule has 10 heteroatoms. The fraction of sp³-hybridized carbons (Fsp3) is 0.269. The number of nitrogens with zero attached hydrogens (tertiary/aromatic N) is 4. The monoisotopic (exact) mass is 493 g/mol. The molecule has 1 aliphatic heterocycles. The number of hydrogen-bond donors (Lipinski definition) is 1. The Balaban J connectivity index is 1.48. The van der Waals surface area contributed by atoms with Crippen LogP contribution in [0, 0.1) is 18.8 Å². The summed E-state index contributed by atoms with van der Waals surface area (Å²) in [6.45, 7) is 4.76. The molecule has 1 saturated heterocycles. The molecule has 0 aliphatic carbocycles. The summed E-state index contributed by atoms with van der Waals surface area (Å²) in [5.74, 6) is 6.39. The fourth-order valence-corrected chi connectivity index (χ4v) is 4.02. The maximum absolute atomic E-state index is 13.7. The number of rotatable bonds is 4. The Hall–Kier alpha value is -3.94. The first-order chi connectivity index (χ1) is 17.4. The van der Waals surface area contributed by atoms with Gasteiger partial charge in [0, 0.05) is 37.7 Å². The van der Waals surface area contributed by atoms with Crippen LogP contribution >= 0.6 is 0 Å². The highest BCUT2D eigenvalue weighted by Crippen LogP contribution is 2.35. The first-order valence-electron chi connectivity index (χ1n) is 11.3. The number of halogens is 3. The van der Waals surface area contributed by atoms with Gasteiger partial charge in [0.1, 0.15) is 6.33 Å². The zero-order chi connectivity index (χ0) is 25.1. The van der Waals surface area contributed by atoms with Crippen LogP contribution < -0.4 is 5.32 Å². The Morgan fingerprint density at radius 1 is 1.06 bits per heavy atom. The van der Waals surface area contributed by atoms with E-state index in [2.05, 4.69) is 37.2 Å². The lowest BCUT2D eigenvalue weighted by Gasteiger charge is -2.27. The highest BCUT2D eigenvalue weighted by Gasteiger charge is 2.31. The molecule has 7 nitrogen and oxygen atoms in total. The van der Waals surface area contributed by atoms with Crippen molar-refractivity contribution in [1.82, 2.24) is 20.0 Å². The van der Waals surface area contributed by atoms with Gasteiger partial charge in [-0.3, -0.25) is 4.90 Å². The molecule has 3 heterocycles. The van der Waals surface area contributed by atoms with Crippen molar-refractivity contribution in [2.24, 2.45) is 0 Å². The van der Waals surface area contributed by atoms with Crippen molar-refractivity contribution in [3.63, 3.8) is 0 Å². The molecule has 0 amide bonds. The van der Waals surface area contributed by atoms with E-state index in [-0.39, 0.29) is 5.69 Å². The minimum Gasteiger partial charge on any atom is -0.379 e. The Kier molecular flexibility index (Phi) is 6.59. The average molecular weight is 493 g/mol. The molecule has 184 valence electrons. The normalized spacial score (nSPS) is 14.4. The molecule has 0 unspecified atom stereocenters. The number of fused-ring (bicyclic) bond motifs is 1. The molecule has 0 saturated carbocycles. The minimum atomic E-state index is -4.48. The number of alkyl halides is 3. The van der Waals surface area contributed by atoms with Crippen LogP contribution in [-0.4, -0.2) is 46.3 Å². The van der Waals surface area contributed by atoms with Crippen LogP contribution in [0.4, 0.5) is 24.7 Å². The van der Waals surface area contributed by atoms with E-state index in [0.717, 1.165) is 11.6 Å². The predicted octanol–water partition coefficient (Wildman–Crippen LogP) is 4.92. The van der Waals surface area contributed by atoms with Crippen LogP contribution in [0.1, 0.15) is 27.8 Å². The first kappa shape index (κ1) is 23.8. The van der Waals surface area contributed by atoms with Crippen molar-refractivity contribution >= 4 is 22.5 Å². The van der Waals surface area contributed by atoms with Crippen LogP contribution in [0.2, 0.25) is 0 Å². The van der Waals surface area contributed by atoms with E-state index >= 15 is 0 Å². The lowest BCUT2D eigenvalue weighted by Crippen LogP contribution is -2.35. The predicted molar refractivity (Wildman–Crippen MR) is 128 cm³/mol. The molecule has 2 aromatic carbocycles. The van der Waals surface area contributed by atoms with Crippen LogP contribution in [-0.2, 0) is 17.5 Å². The van der Waals surface area contributed by atoms with Gasteiger partial charge >= 0.3 is 6.18 Å². The van der Waals surface area contributed by atoms with Crippen molar-refractivity contribution in [2.45, 2.75) is 19.6 Å². The average Bonchev–Trinajstić information content (AvgIpc) is 3.26. The molecule has 0 radical (unpaired) electrons. The van der Waals surface area contributed by atoms with Gasteiger partial charge in [-0.2, -0.15) is 13.2 Å². The second-order valence-electron chi connectivity index (χ2n) is 8.47. The minimum absolute atomic E-state index is 0.276. The van der Waals surface area contributed by atoms with E-state index in [4.69, 9.17) is 9.26 Å². The molecular formula is C26H22F3N5O2. The highest BCUT2D eigenvalue weighted by atomic mass is 19.4. The van der Waals surface area contributed by atoms with Gasteiger partial charge in [-0.25, -0.2) is 9.97 Å². The molecule has 1 N–H and O–H groups in total. The van der Waals surface area contributed by atoms with E-state index < -0.39 is 11.7 Å². The van der Waals surface area contributed by atoms with Crippen molar-refractivity contribution < 1.29 is 22.4 Å². The number of ether oxygens (including phenoxy) is 1. The SMILES string of the molecule is Cc1ccc2c(Nc3cc(CN4CCOCC4)cc(C(F)(F)F)c3)noc2c1C#Cc1cncnc1. The van der Waals surface area contributed by atoms with Crippen LogP contribution in [0.3, 0.4) is 0 Å². The number of morpholine rings is 1. The Bertz CT molecular complexity index is 1440. The van der Waals surface area contributed by atoms with Crippen molar-refractivity contribution in [2.75, 3.05) is 31.6 Å². The Morgan fingerprint density at radius 3 is 2.58 bits per heavy atom. The van der Waals surface area contributed by atoms with E-state index in [1.54, 1.807) is 18.5 Å². The number of anilines is 2. The van der Waals surface area contributed by atoms with E-state index in [9.17, 15) is 13.2 Å². The molecule has 1 aliphatic rings. The zero-order valence-electron chi connectivity index (χ0n) is 19.4. The van der Waals surface area contributed by atoms with Gasteiger partial charge in [0.15, 0.2) is 11.4 Å². The zero-order valence-corrected chi connectivity index (χ0v) is 19.4. The van der Waals surface area contributed by atoms with Gasteiger partial charge in [0.25, 0.3) is 0 Å². The lowest BCUT2D eigenvalue weighted by molar-refractivity contribution is -0.137. The number of hydrogen-bond acceptors (Lipinski definition) is 7. The largest absolute Gasteiger partial charge is 0.416 e. The van der Waals surface area contributed by atoms with Crippen molar-refractivity contribution in [3.05, 3.63) is 76.9 Å². The lowest BCUT2D eigenvalue weighted by atomic mass is 10.1. The third kappa shape index (κ3) is 5.32. The fourth-order valence-electron chi connectivity index (χ4n) is 4.02. The summed E-state index contributed by atoms with van der Waals surface area (Å²) in [5, 5.41) is 7.73. The van der Waals surface area contributed by atoms with Crippen LogP contribution in [0.15, 0.2) is 53.6 Å². The van der Waals surface area contributed by atoms with Gasteiger partial charge in [0.05, 0.1) is 35.3 Å². The second kappa shape index (κ2) is 9.97. The van der Waals surface area contributed by atoms with Gasteiger partial charge < -0.3 is 14.6 Å². The first-order valence-corrected chi connectivity index (χ1v) is 11.3. The summed E-state index contributed by atoms with van der Waals surface area (Å²) < 4.78 is 51.9. The molecular weight excluding hydrogens is 471 g/mol. The van der Waals surface area contributed by atoms with Gasteiger partial charge in [-0.1, -0.05) is 23.1 Å². The molecule has 5 rings (SSSR count). The molecule has 0 atom stereocenters. The third-order valence-corrected chi connectivity index (χ3v) is 5.83.